The van der Waals surface area contributed by atoms with Gasteiger partial charge in [-0.15, -0.1) is 0 Å². The van der Waals surface area contributed by atoms with Gasteiger partial charge < -0.3 is 5.11 Å². The zero-order valence-electron chi connectivity index (χ0n) is 10.3. The first-order valence-corrected chi connectivity index (χ1v) is 7.63. The van der Waals surface area contributed by atoms with Crippen molar-refractivity contribution in [3.63, 3.8) is 0 Å². The van der Waals surface area contributed by atoms with Crippen LogP contribution in [0.25, 0.3) is 0 Å². The fraction of sp³-hybridized carbons (Fsp3) is 0.500. The lowest BCUT2D eigenvalue weighted by Crippen LogP contribution is -2.28. The van der Waals surface area contributed by atoms with Crippen LogP contribution in [0.5, 0.6) is 0 Å². The molecule has 0 spiro atoms. The van der Waals surface area contributed by atoms with Gasteiger partial charge in [0.25, 0.3) is 0 Å². The number of rotatable bonds is 7. The molecule has 0 aromatic heterocycles. The molecular weight excluding hydrogens is 274 g/mol. The van der Waals surface area contributed by atoms with E-state index in [0.29, 0.717) is 18.0 Å². The minimum absolute atomic E-state index is 0.144. The van der Waals surface area contributed by atoms with Crippen molar-refractivity contribution in [1.29, 1.82) is 0 Å². The number of hydrogen-bond donors (Lipinski definition) is 1. The molecule has 1 aromatic carbocycles. The number of halogens is 1. The topological polar surface area (TPSA) is 57.6 Å². The predicted octanol–water partition coefficient (Wildman–Crippen LogP) is 2.12. The van der Waals surface area contributed by atoms with Gasteiger partial charge in [0.15, 0.2) is 0 Å². The minimum Gasteiger partial charge on any atom is -0.396 e. The maximum atomic E-state index is 12.2. The first kappa shape index (κ1) is 15.4. The quantitative estimate of drug-likeness (QED) is 0.783. The fourth-order valence-corrected chi connectivity index (χ4v) is 3.06. The van der Waals surface area contributed by atoms with Crippen LogP contribution < -0.4 is 0 Å². The molecule has 0 aliphatic rings. The van der Waals surface area contributed by atoms with E-state index in [0.717, 1.165) is 12.8 Å². The van der Waals surface area contributed by atoms with E-state index >= 15 is 0 Å². The molecule has 0 radical (unpaired) electrons. The van der Waals surface area contributed by atoms with Gasteiger partial charge in [0.1, 0.15) is 0 Å². The van der Waals surface area contributed by atoms with Crippen LogP contribution in [-0.4, -0.2) is 38.0 Å². The summed E-state index contributed by atoms with van der Waals surface area (Å²) in [4.78, 5) is 0.208. The number of benzene rings is 1. The minimum atomic E-state index is -3.46. The van der Waals surface area contributed by atoms with Crippen LogP contribution in [0.4, 0.5) is 0 Å². The number of nitrogens with zero attached hydrogens (tertiary/aromatic N) is 1. The van der Waals surface area contributed by atoms with Crippen molar-refractivity contribution >= 4 is 21.6 Å². The van der Waals surface area contributed by atoms with Crippen LogP contribution >= 0.6 is 11.6 Å². The first-order chi connectivity index (χ1) is 8.48. The second kappa shape index (κ2) is 7.09. The summed E-state index contributed by atoms with van der Waals surface area (Å²) in [6, 6.07) is 6.24. The molecule has 0 aliphatic carbocycles. The Morgan fingerprint density at radius 2 is 2.00 bits per heavy atom. The van der Waals surface area contributed by atoms with Gasteiger partial charge in [-0.1, -0.05) is 17.7 Å². The Balaban J connectivity index is 2.68. The van der Waals surface area contributed by atoms with Crippen LogP contribution in [0.3, 0.4) is 0 Å². The molecule has 1 rings (SSSR count). The molecule has 0 amide bonds. The highest BCUT2D eigenvalue weighted by molar-refractivity contribution is 7.89. The molecule has 0 fully saturated rings. The number of aliphatic hydroxyl groups excluding tert-OH is 1. The predicted molar refractivity (Wildman–Crippen MR) is 72.2 cm³/mol. The van der Waals surface area contributed by atoms with Crippen LogP contribution in [0.2, 0.25) is 5.02 Å². The van der Waals surface area contributed by atoms with Crippen molar-refractivity contribution < 1.29 is 13.5 Å². The summed E-state index contributed by atoms with van der Waals surface area (Å²) in [7, 11) is -1.91. The zero-order chi connectivity index (χ0) is 13.6. The summed E-state index contributed by atoms with van der Waals surface area (Å²) in [5.74, 6) is 0. The Kier molecular flexibility index (Phi) is 6.08. The summed E-state index contributed by atoms with van der Waals surface area (Å²) < 4.78 is 25.6. The molecule has 0 aliphatic heterocycles. The van der Waals surface area contributed by atoms with Crippen LogP contribution in [0.15, 0.2) is 29.2 Å². The monoisotopic (exact) mass is 291 g/mol. The van der Waals surface area contributed by atoms with Gasteiger partial charge in [-0.05, 0) is 37.5 Å². The van der Waals surface area contributed by atoms with Crippen molar-refractivity contribution in [3.05, 3.63) is 29.3 Å². The van der Waals surface area contributed by atoms with Crippen LogP contribution in [-0.2, 0) is 10.0 Å². The van der Waals surface area contributed by atoms with Crippen molar-refractivity contribution in [2.75, 3.05) is 20.2 Å². The number of sulfonamides is 1. The lowest BCUT2D eigenvalue weighted by atomic mass is 10.2. The molecule has 6 heteroatoms. The normalized spacial score (nSPS) is 12.0. The van der Waals surface area contributed by atoms with Gasteiger partial charge >= 0.3 is 0 Å². The molecule has 18 heavy (non-hydrogen) atoms. The first-order valence-electron chi connectivity index (χ1n) is 5.81. The molecule has 0 saturated carbocycles. The fourth-order valence-electron chi connectivity index (χ4n) is 1.55. The smallest absolute Gasteiger partial charge is 0.242 e. The molecule has 0 unspecified atom stereocenters. The van der Waals surface area contributed by atoms with Crippen LogP contribution in [0, 0.1) is 0 Å². The average molecular weight is 292 g/mol. The van der Waals surface area contributed by atoms with E-state index < -0.39 is 10.0 Å². The molecule has 1 N–H and O–H groups in total. The largest absolute Gasteiger partial charge is 0.396 e. The average Bonchev–Trinajstić information content (AvgIpc) is 2.34. The van der Waals surface area contributed by atoms with Gasteiger partial charge in [0.2, 0.25) is 10.0 Å². The molecule has 0 saturated heterocycles. The Morgan fingerprint density at radius 1 is 1.28 bits per heavy atom. The summed E-state index contributed by atoms with van der Waals surface area (Å²) >= 11 is 5.79. The van der Waals surface area contributed by atoms with Crippen molar-refractivity contribution in [2.24, 2.45) is 0 Å². The third-order valence-corrected chi connectivity index (χ3v) is 4.72. The SMILES string of the molecule is CN(CCCCCO)S(=O)(=O)c1cccc(Cl)c1. The zero-order valence-corrected chi connectivity index (χ0v) is 11.9. The maximum Gasteiger partial charge on any atom is 0.242 e. The van der Waals surface area contributed by atoms with Crippen molar-refractivity contribution in [1.82, 2.24) is 4.31 Å². The van der Waals surface area contributed by atoms with Crippen molar-refractivity contribution in [3.8, 4) is 0 Å². The molecule has 4 nitrogen and oxygen atoms in total. The van der Waals surface area contributed by atoms with Gasteiger partial charge in [0, 0.05) is 25.2 Å². The Bertz CT molecular complexity index is 476. The number of aliphatic hydroxyl groups is 1. The summed E-state index contributed by atoms with van der Waals surface area (Å²) in [5, 5.41) is 9.06. The number of hydrogen-bond acceptors (Lipinski definition) is 3. The third kappa shape index (κ3) is 4.24. The van der Waals surface area contributed by atoms with E-state index in [1.807, 2.05) is 0 Å². The van der Waals surface area contributed by atoms with Gasteiger partial charge in [-0.2, -0.15) is 0 Å². The molecule has 0 atom stereocenters. The second-order valence-electron chi connectivity index (χ2n) is 4.07. The van der Waals surface area contributed by atoms with E-state index in [4.69, 9.17) is 16.7 Å². The van der Waals surface area contributed by atoms with Gasteiger partial charge in [0.05, 0.1) is 4.90 Å². The standard InChI is InChI=1S/C12H18ClNO3S/c1-14(8-3-2-4-9-15)18(16,17)12-7-5-6-11(13)10-12/h5-7,10,15H,2-4,8-9H2,1H3. The highest BCUT2D eigenvalue weighted by atomic mass is 35.5. The van der Waals surface area contributed by atoms with E-state index in [1.165, 1.54) is 16.4 Å². The molecule has 102 valence electrons. The van der Waals surface area contributed by atoms with Crippen LogP contribution in [0.1, 0.15) is 19.3 Å². The molecule has 1 aromatic rings. The summed E-state index contributed by atoms with van der Waals surface area (Å²) in [6.07, 6.45) is 2.24. The molecule has 0 bridgehead atoms. The molecular formula is C12H18ClNO3S. The Hall–Kier alpha value is -0.620. The summed E-state index contributed by atoms with van der Waals surface area (Å²) in [5.41, 5.74) is 0. The highest BCUT2D eigenvalue weighted by Crippen LogP contribution is 2.19. The Morgan fingerprint density at radius 3 is 2.61 bits per heavy atom. The van der Waals surface area contributed by atoms with Gasteiger partial charge in [-0.25, -0.2) is 12.7 Å². The van der Waals surface area contributed by atoms with E-state index in [-0.39, 0.29) is 11.5 Å². The van der Waals surface area contributed by atoms with E-state index in [2.05, 4.69) is 0 Å². The Labute approximate surface area is 113 Å². The van der Waals surface area contributed by atoms with E-state index in [9.17, 15) is 8.42 Å². The lowest BCUT2D eigenvalue weighted by molar-refractivity contribution is 0.281. The third-order valence-electron chi connectivity index (χ3n) is 2.64. The van der Waals surface area contributed by atoms with Gasteiger partial charge in [-0.3, -0.25) is 0 Å². The molecule has 0 heterocycles. The summed E-state index contributed by atoms with van der Waals surface area (Å²) in [6.45, 7) is 0.583. The maximum absolute atomic E-state index is 12.2. The van der Waals surface area contributed by atoms with E-state index in [1.54, 1.807) is 19.2 Å². The second-order valence-corrected chi connectivity index (χ2v) is 6.55. The highest BCUT2D eigenvalue weighted by Gasteiger charge is 2.20. The van der Waals surface area contributed by atoms with Crippen molar-refractivity contribution in [2.45, 2.75) is 24.2 Å². The number of unbranched alkanes of at least 4 members (excludes halogenated alkanes) is 2. The lowest BCUT2D eigenvalue weighted by Gasteiger charge is -2.17.